The number of aromatic nitrogens is 2. The van der Waals surface area contributed by atoms with E-state index in [0.717, 1.165) is 18.4 Å². The summed E-state index contributed by atoms with van der Waals surface area (Å²) in [6.45, 7) is 0.624. The van der Waals surface area contributed by atoms with Gasteiger partial charge in [-0.25, -0.2) is 4.39 Å². The molecule has 2 aromatic carbocycles. The van der Waals surface area contributed by atoms with E-state index >= 15 is 0 Å². The number of likely N-dealkylation sites (tertiary alicyclic amines) is 1. The van der Waals surface area contributed by atoms with Crippen LogP contribution in [0.15, 0.2) is 59.0 Å². The number of benzene rings is 2. The molecule has 1 aromatic heterocycles. The molecule has 1 amide bonds. The van der Waals surface area contributed by atoms with E-state index in [1.54, 1.807) is 23.1 Å². The molecule has 0 aliphatic carbocycles. The summed E-state index contributed by atoms with van der Waals surface area (Å²) in [4.78, 5) is 14.6. The van der Waals surface area contributed by atoms with Crippen LogP contribution < -0.4 is 5.73 Å². The van der Waals surface area contributed by atoms with E-state index in [9.17, 15) is 9.18 Å². The van der Waals surface area contributed by atoms with Gasteiger partial charge in [-0.3, -0.25) is 4.79 Å². The van der Waals surface area contributed by atoms with Gasteiger partial charge in [0, 0.05) is 24.6 Å². The topological polar surface area (TPSA) is 85.3 Å². The molecule has 3 aromatic rings. The van der Waals surface area contributed by atoms with Crippen LogP contribution >= 0.6 is 0 Å². The number of hydrogen-bond donors (Lipinski definition) is 1. The second kappa shape index (κ2) is 8.53. The number of rotatable bonds is 6. The van der Waals surface area contributed by atoms with Gasteiger partial charge in [0.2, 0.25) is 17.7 Å². The van der Waals surface area contributed by atoms with Gasteiger partial charge in [0.1, 0.15) is 11.9 Å². The van der Waals surface area contributed by atoms with E-state index in [1.807, 2.05) is 30.3 Å². The molecule has 29 heavy (non-hydrogen) atoms. The number of hydrogen-bond acceptors (Lipinski definition) is 5. The van der Waals surface area contributed by atoms with Gasteiger partial charge in [0.05, 0.1) is 0 Å². The van der Waals surface area contributed by atoms with Crippen molar-refractivity contribution in [1.82, 2.24) is 15.1 Å². The Morgan fingerprint density at radius 2 is 1.93 bits per heavy atom. The number of carbonyl (C=O) groups is 1. The highest BCUT2D eigenvalue weighted by Gasteiger charge is 2.34. The molecule has 7 heteroatoms. The Kier molecular flexibility index (Phi) is 5.67. The maximum absolute atomic E-state index is 13.8. The molecule has 0 radical (unpaired) electrons. The maximum Gasteiger partial charge on any atom is 0.247 e. The lowest BCUT2D eigenvalue weighted by atomic mass is 10.0. The van der Waals surface area contributed by atoms with E-state index in [2.05, 4.69) is 10.2 Å². The summed E-state index contributed by atoms with van der Waals surface area (Å²) in [5.41, 5.74) is 7.51. The van der Waals surface area contributed by atoms with Crippen molar-refractivity contribution in [3.05, 3.63) is 71.9 Å². The lowest BCUT2D eigenvalue weighted by Crippen LogP contribution is -2.36. The average molecular weight is 394 g/mol. The van der Waals surface area contributed by atoms with E-state index < -0.39 is 6.04 Å². The highest BCUT2D eigenvalue weighted by molar-refractivity contribution is 5.77. The number of nitrogens with two attached hydrogens (primary N) is 1. The molecule has 0 unspecified atom stereocenters. The minimum Gasteiger partial charge on any atom is -0.418 e. The Hall–Kier alpha value is -3.06. The van der Waals surface area contributed by atoms with Gasteiger partial charge < -0.3 is 15.1 Å². The van der Waals surface area contributed by atoms with Gasteiger partial charge in [0.25, 0.3) is 0 Å². The summed E-state index contributed by atoms with van der Waals surface area (Å²) >= 11 is 0. The van der Waals surface area contributed by atoms with Crippen LogP contribution in [0.25, 0.3) is 11.5 Å². The van der Waals surface area contributed by atoms with Crippen LogP contribution in [-0.4, -0.2) is 33.6 Å². The molecule has 4 rings (SSSR count). The zero-order valence-corrected chi connectivity index (χ0v) is 16.0. The first-order valence-corrected chi connectivity index (χ1v) is 9.79. The zero-order chi connectivity index (χ0) is 20.2. The molecule has 0 bridgehead atoms. The van der Waals surface area contributed by atoms with Crippen LogP contribution in [0.1, 0.15) is 36.8 Å². The highest BCUT2D eigenvalue weighted by Crippen LogP contribution is 2.33. The van der Waals surface area contributed by atoms with Gasteiger partial charge in [0.15, 0.2) is 0 Å². The average Bonchev–Trinajstić information content (AvgIpc) is 3.40. The fourth-order valence-corrected chi connectivity index (χ4v) is 3.75. The molecular weight excluding hydrogens is 371 g/mol. The molecule has 0 spiro atoms. The van der Waals surface area contributed by atoms with Crippen molar-refractivity contribution in [1.29, 1.82) is 0 Å². The molecule has 1 fully saturated rings. The van der Waals surface area contributed by atoms with E-state index in [0.29, 0.717) is 30.3 Å². The number of halogens is 1. The van der Waals surface area contributed by atoms with Crippen LogP contribution in [0.2, 0.25) is 0 Å². The SMILES string of the molecule is N[C@@H](CC(=O)N1CCC[C@H]1c1nnc(-c2ccccc2)o1)Cc1ccccc1F. The van der Waals surface area contributed by atoms with Gasteiger partial charge in [-0.1, -0.05) is 36.4 Å². The Bertz CT molecular complexity index is 976. The van der Waals surface area contributed by atoms with E-state index in [4.69, 9.17) is 10.2 Å². The minimum absolute atomic E-state index is 0.0733. The Morgan fingerprint density at radius 3 is 2.72 bits per heavy atom. The highest BCUT2D eigenvalue weighted by atomic mass is 19.1. The van der Waals surface area contributed by atoms with E-state index in [1.165, 1.54) is 6.07 Å². The fraction of sp³-hybridized carbons (Fsp3) is 0.318. The summed E-state index contributed by atoms with van der Waals surface area (Å²) in [5, 5.41) is 8.30. The molecule has 1 aliphatic rings. The molecule has 2 N–H and O–H groups in total. The van der Waals surface area contributed by atoms with Crippen molar-refractivity contribution in [2.24, 2.45) is 5.73 Å². The van der Waals surface area contributed by atoms with Crippen molar-refractivity contribution < 1.29 is 13.6 Å². The quantitative estimate of drug-likeness (QED) is 0.692. The second-order valence-electron chi connectivity index (χ2n) is 7.32. The first-order valence-electron chi connectivity index (χ1n) is 9.79. The van der Waals surface area contributed by atoms with E-state index in [-0.39, 0.29) is 24.2 Å². The largest absolute Gasteiger partial charge is 0.418 e. The summed E-state index contributed by atoms with van der Waals surface area (Å²) in [7, 11) is 0. The first kappa shape index (κ1) is 19.3. The predicted octanol–water partition coefficient (Wildman–Crippen LogP) is 3.50. The Labute approximate surface area is 168 Å². The summed E-state index contributed by atoms with van der Waals surface area (Å²) in [6.07, 6.45) is 2.09. The van der Waals surface area contributed by atoms with Crippen molar-refractivity contribution in [3.8, 4) is 11.5 Å². The number of amides is 1. The third-order valence-corrected chi connectivity index (χ3v) is 5.20. The lowest BCUT2D eigenvalue weighted by Gasteiger charge is -2.23. The standard InChI is InChI=1S/C22H23FN4O2/c23-18-10-5-4-9-16(18)13-17(24)14-20(28)27-12-6-11-19(27)22-26-25-21(29-22)15-7-2-1-3-8-15/h1-5,7-10,17,19H,6,11-14,24H2/t17-,19+/m1/s1. The van der Waals surface area contributed by atoms with Crippen molar-refractivity contribution in [3.63, 3.8) is 0 Å². The summed E-state index contributed by atoms with van der Waals surface area (Å²) in [5.74, 6) is 0.512. The molecule has 6 nitrogen and oxygen atoms in total. The molecule has 1 saturated heterocycles. The molecule has 2 atom stereocenters. The lowest BCUT2D eigenvalue weighted by molar-refractivity contribution is -0.132. The molecule has 1 aliphatic heterocycles. The predicted molar refractivity (Wildman–Crippen MR) is 106 cm³/mol. The van der Waals surface area contributed by atoms with Gasteiger partial charge in [-0.2, -0.15) is 0 Å². The monoisotopic (exact) mass is 394 g/mol. The second-order valence-corrected chi connectivity index (χ2v) is 7.32. The van der Waals surface area contributed by atoms with Crippen molar-refractivity contribution >= 4 is 5.91 Å². The smallest absolute Gasteiger partial charge is 0.247 e. The third-order valence-electron chi connectivity index (χ3n) is 5.20. The van der Waals surface area contributed by atoms with Crippen molar-refractivity contribution in [2.45, 2.75) is 37.8 Å². The third kappa shape index (κ3) is 4.35. The molecule has 150 valence electrons. The molecule has 2 heterocycles. The first-order chi connectivity index (χ1) is 14.1. The fourth-order valence-electron chi connectivity index (χ4n) is 3.75. The number of nitrogens with zero attached hydrogens (tertiary/aromatic N) is 3. The van der Waals surface area contributed by atoms with Gasteiger partial charge >= 0.3 is 0 Å². The van der Waals surface area contributed by atoms with Crippen LogP contribution in [0.4, 0.5) is 4.39 Å². The molecule has 0 saturated carbocycles. The van der Waals surface area contributed by atoms with Gasteiger partial charge in [-0.15, -0.1) is 10.2 Å². The maximum atomic E-state index is 13.8. The summed E-state index contributed by atoms with van der Waals surface area (Å²) < 4.78 is 19.7. The molecular formula is C22H23FN4O2. The van der Waals surface area contributed by atoms with Gasteiger partial charge in [-0.05, 0) is 43.0 Å². The summed E-state index contributed by atoms with van der Waals surface area (Å²) in [6, 6.07) is 15.3. The minimum atomic E-state index is -0.455. The number of carbonyl (C=O) groups excluding carboxylic acids is 1. The zero-order valence-electron chi connectivity index (χ0n) is 16.0. The Morgan fingerprint density at radius 1 is 1.17 bits per heavy atom. The normalized spacial score (nSPS) is 17.4. The van der Waals surface area contributed by atoms with Crippen LogP contribution in [0.5, 0.6) is 0 Å². The van der Waals surface area contributed by atoms with Crippen LogP contribution in [0.3, 0.4) is 0 Å². The Balaban J connectivity index is 1.42. The van der Waals surface area contributed by atoms with Crippen molar-refractivity contribution in [2.75, 3.05) is 6.54 Å². The van der Waals surface area contributed by atoms with Crippen LogP contribution in [-0.2, 0) is 11.2 Å². The van der Waals surface area contributed by atoms with Crippen LogP contribution in [0, 0.1) is 5.82 Å².